The number of imidazole rings is 1. The van der Waals surface area contributed by atoms with Gasteiger partial charge in [-0.2, -0.15) is 0 Å². The van der Waals surface area contributed by atoms with Crippen molar-refractivity contribution in [2.24, 2.45) is 0 Å². The lowest BCUT2D eigenvalue weighted by molar-refractivity contribution is 0.0471. The van der Waals surface area contributed by atoms with Gasteiger partial charge in [0.05, 0.1) is 11.1 Å². The summed E-state index contributed by atoms with van der Waals surface area (Å²) in [5.41, 5.74) is 1.21. The molecule has 0 bridgehead atoms. The SMILES string of the molecule is O=C(OCc1cc2ccccc2[nH]c1=O)c1ccnc(-n2ccnc2)c1. The normalized spacial score (nSPS) is 10.8. The molecule has 7 nitrogen and oxygen atoms in total. The number of carbonyl (C=O) groups excluding carboxylic acids is 1. The number of esters is 1. The fourth-order valence-electron chi connectivity index (χ4n) is 2.61. The number of ether oxygens (including phenoxy) is 1. The zero-order valence-corrected chi connectivity index (χ0v) is 13.6. The van der Waals surface area contributed by atoms with E-state index in [1.165, 1.54) is 6.20 Å². The van der Waals surface area contributed by atoms with Crippen molar-refractivity contribution < 1.29 is 9.53 Å². The van der Waals surface area contributed by atoms with E-state index >= 15 is 0 Å². The van der Waals surface area contributed by atoms with Crippen molar-refractivity contribution in [2.45, 2.75) is 6.61 Å². The standard InChI is InChI=1S/C19H14N4O3/c24-18-15(9-13-3-1-2-4-16(13)22-18)11-26-19(25)14-5-6-21-17(10-14)23-8-7-20-12-23/h1-10,12H,11H2,(H,22,24). The van der Waals surface area contributed by atoms with E-state index in [2.05, 4.69) is 15.0 Å². The Morgan fingerprint density at radius 3 is 2.88 bits per heavy atom. The van der Waals surface area contributed by atoms with Crippen molar-refractivity contribution in [3.8, 4) is 5.82 Å². The minimum Gasteiger partial charge on any atom is -0.457 e. The van der Waals surface area contributed by atoms with Gasteiger partial charge in [0.25, 0.3) is 5.56 Å². The van der Waals surface area contributed by atoms with Gasteiger partial charge >= 0.3 is 5.97 Å². The second-order valence-electron chi connectivity index (χ2n) is 5.66. The Hall–Kier alpha value is -3.74. The highest BCUT2D eigenvalue weighted by Gasteiger charge is 2.11. The predicted octanol–water partition coefficient (Wildman–Crippen LogP) is 2.47. The summed E-state index contributed by atoms with van der Waals surface area (Å²) in [6, 6.07) is 12.3. The quantitative estimate of drug-likeness (QED) is 0.573. The lowest BCUT2D eigenvalue weighted by atomic mass is 10.1. The van der Waals surface area contributed by atoms with Crippen molar-refractivity contribution in [2.75, 3.05) is 0 Å². The number of nitrogens with zero attached hydrogens (tertiary/aromatic N) is 3. The van der Waals surface area contributed by atoms with Crippen LogP contribution in [0.1, 0.15) is 15.9 Å². The third-order valence-electron chi connectivity index (χ3n) is 3.94. The highest BCUT2D eigenvalue weighted by molar-refractivity contribution is 5.89. The summed E-state index contributed by atoms with van der Waals surface area (Å²) in [4.78, 5) is 35.4. The van der Waals surface area contributed by atoms with Crippen LogP contribution in [0.4, 0.5) is 0 Å². The number of hydrogen-bond donors (Lipinski definition) is 1. The largest absolute Gasteiger partial charge is 0.457 e. The number of rotatable bonds is 4. The van der Waals surface area contributed by atoms with E-state index in [0.717, 1.165) is 10.9 Å². The van der Waals surface area contributed by atoms with Gasteiger partial charge in [-0.15, -0.1) is 0 Å². The third kappa shape index (κ3) is 3.10. The number of hydrogen-bond acceptors (Lipinski definition) is 5. The molecular formula is C19H14N4O3. The van der Waals surface area contributed by atoms with Gasteiger partial charge in [0, 0.05) is 24.1 Å². The van der Waals surface area contributed by atoms with E-state index in [1.54, 1.807) is 41.5 Å². The van der Waals surface area contributed by atoms with Gasteiger partial charge in [0.15, 0.2) is 0 Å². The van der Waals surface area contributed by atoms with E-state index in [9.17, 15) is 9.59 Å². The van der Waals surface area contributed by atoms with E-state index in [4.69, 9.17) is 4.74 Å². The van der Waals surface area contributed by atoms with Gasteiger partial charge < -0.3 is 9.72 Å². The summed E-state index contributed by atoms with van der Waals surface area (Å²) < 4.78 is 6.99. The summed E-state index contributed by atoms with van der Waals surface area (Å²) in [5, 5.41) is 0.879. The minimum atomic E-state index is -0.527. The molecule has 0 atom stereocenters. The maximum Gasteiger partial charge on any atom is 0.338 e. The van der Waals surface area contributed by atoms with Crippen LogP contribution in [-0.4, -0.2) is 25.5 Å². The van der Waals surface area contributed by atoms with Crippen LogP contribution in [0, 0.1) is 0 Å². The van der Waals surface area contributed by atoms with E-state index in [-0.39, 0.29) is 12.2 Å². The summed E-state index contributed by atoms with van der Waals surface area (Å²) >= 11 is 0. The third-order valence-corrected chi connectivity index (χ3v) is 3.94. The second-order valence-corrected chi connectivity index (χ2v) is 5.66. The molecule has 1 aromatic carbocycles. The number of para-hydroxylation sites is 1. The molecule has 0 saturated carbocycles. The number of aromatic amines is 1. The fourth-order valence-corrected chi connectivity index (χ4v) is 2.61. The average Bonchev–Trinajstić information content (AvgIpc) is 3.21. The molecule has 0 radical (unpaired) electrons. The number of aromatic nitrogens is 4. The zero-order chi connectivity index (χ0) is 17.9. The van der Waals surface area contributed by atoms with Crippen molar-refractivity contribution >= 4 is 16.9 Å². The van der Waals surface area contributed by atoms with Gasteiger partial charge in [-0.1, -0.05) is 18.2 Å². The van der Waals surface area contributed by atoms with Crippen molar-refractivity contribution in [3.05, 3.63) is 88.9 Å². The lowest BCUT2D eigenvalue weighted by Crippen LogP contribution is -2.15. The molecule has 0 aliphatic carbocycles. The number of H-pyrrole nitrogens is 1. The number of nitrogens with one attached hydrogen (secondary N) is 1. The van der Waals surface area contributed by atoms with Crippen LogP contribution in [0.3, 0.4) is 0 Å². The van der Waals surface area contributed by atoms with Crippen molar-refractivity contribution in [1.82, 2.24) is 19.5 Å². The van der Waals surface area contributed by atoms with Crippen LogP contribution in [0.5, 0.6) is 0 Å². The predicted molar refractivity (Wildman–Crippen MR) is 95.0 cm³/mol. The van der Waals surface area contributed by atoms with Gasteiger partial charge in [-0.25, -0.2) is 14.8 Å². The first-order chi connectivity index (χ1) is 12.7. The van der Waals surface area contributed by atoms with Crippen LogP contribution in [0.15, 0.2) is 72.2 Å². The van der Waals surface area contributed by atoms with Crippen LogP contribution < -0.4 is 5.56 Å². The Morgan fingerprint density at radius 2 is 2.04 bits per heavy atom. The molecule has 0 fully saturated rings. The summed E-state index contributed by atoms with van der Waals surface area (Å²) in [7, 11) is 0. The highest BCUT2D eigenvalue weighted by atomic mass is 16.5. The topological polar surface area (TPSA) is 89.9 Å². The Bertz CT molecular complexity index is 1130. The number of fused-ring (bicyclic) bond motifs is 1. The number of carbonyl (C=O) groups is 1. The highest BCUT2D eigenvalue weighted by Crippen LogP contribution is 2.12. The van der Waals surface area contributed by atoms with E-state index in [1.807, 2.05) is 24.3 Å². The smallest absolute Gasteiger partial charge is 0.338 e. The maximum absolute atomic E-state index is 12.3. The fraction of sp³-hybridized carbons (Fsp3) is 0.0526. The van der Waals surface area contributed by atoms with Crippen LogP contribution >= 0.6 is 0 Å². The average molecular weight is 346 g/mol. The molecule has 3 aromatic heterocycles. The minimum absolute atomic E-state index is 0.109. The van der Waals surface area contributed by atoms with E-state index < -0.39 is 5.97 Å². The molecule has 7 heteroatoms. The molecule has 128 valence electrons. The molecule has 0 unspecified atom stereocenters. The van der Waals surface area contributed by atoms with Crippen LogP contribution in [0.2, 0.25) is 0 Å². The first-order valence-electron chi connectivity index (χ1n) is 7.93. The maximum atomic E-state index is 12.3. The lowest BCUT2D eigenvalue weighted by Gasteiger charge is -2.07. The van der Waals surface area contributed by atoms with E-state index in [0.29, 0.717) is 16.9 Å². The molecule has 0 aliphatic rings. The summed E-state index contributed by atoms with van der Waals surface area (Å²) in [6.45, 7) is -0.109. The number of pyridine rings is 2. The molecule has 0 amide bonds. The second kappa shape index (κ2) is 6.64. The summed E-state index contributed by atoms with van der Waals surface area (Å²) in [5.74, 6) is 0.0295. The monoisotopic (exact) mass is 346 g/mol. The van der Waals surface area contributed by atoms with Crippen molar-refractivity contribution in [3.63, 3.8) is 0 Å². The molecule has 26 heavy (non-hydrogen) atoms. The molecule has 4 aromatic rings. The van der Waals surface area contributed by atoms with Gasteiger partial charge in [-0.05, 0) is 29.7 Å². The summed E-state index contributed by atoms with van der Waals surface area (Å²) in [6.07, 6.45) is 6.46. The molecule has 1 N–H and O–H groups in total. The molecule has 3 heterocycles. The molecule has 4 rings (SSSR count). The van der Waals surface area contributed by atoms with Gasteiger partial charge in [-0.3, -0.25) is 9.36 Å². The molecule has 0 saturated heterocycles. The van der Waals surface area contributed by atoms with Gasteiger partial charge in [0.1, 0.15) is 18.8 Å². The van der Waals surface area contributed by atoms with Crippen LogP contribution in [-0.2, 0) is 11.3 Å². The van der Waals surface area contributed by atoms with Crippen molar-refractivity contribution in [1.29, 1.82) is 0 Å². The van der Waals surface area contributed by atoms with Gasteiger partial charge in [0.2, 0.25) is 0 Å². The Kier molecular flexibility index (Phi) is 4.03. The zero-order valence-electron chi connectivity index (χ0n) is 13.6. The Labute approximate surface area is 147 Å². The van der Waals surface area contributed by atoms with Crippen LogP contribution in [0.25, 0.3) is 16.7 Å². The first-order valence-corrected chi connectivity index (χ1v) is 7.93. The molecule has 0 spiro atoms. The first kappa shape index (κ1) is 15.8. The number of benzene rings is 1. The molecule has 0 aliphatic heterocycles. The molecular weight excluding hydrogens is 332 g/mol. The Balaban J connectivity index is 1.53. The Morgan fingerprint density at radius 1 is 1.15 bits per heavy atom.